The highest BCUT2D eigenvalue weighted by Crippen LogP contribution is 2.30. The Kier molecular flexibility index (Phi) is 7.60. The number of methoxy groups -OCH3 is 1. The van der Waals surface area contributed by atoms with E-state index >= 15 is 0 Å². The Balaban J connectivity index is 1.78. The smallest absolute Gasteiger partial charge is 0.119 e. The monoisotopic (exact) mass is 439 g/mol. The first-order valence-electron chi connectivity index (χ1n) is 9.99. The molecule has 0 amide bonds. The Morgan fingerprint density at radius 2 is 1.67 bits per heavy atom. The highest BCUT2D eigenvalue weighted by molar-refractivity contribution is 6.42. The van der Waals surface area contributed by atoms with Gasteiger partial charge < -0.3 is 10.1 Å². The fourth-order valence-corrected chi connectivity index (χ4v) is 3.73. The predicted octanol–water partition coefficient (Wildman–Crippen LogP) is 7.24. The van der Waals surface area contributed by atoms with Crippen LogP contribution in [0.5, 0.6) is 5.75 Å². The average Bonchev–Trinajstić information content (AvgIpc) is 2.75. The van der Waals surface area contributed by atoms with Gasteiger partial charge in [0.05, 0.1) is 17.2 Å². The summed E-state index contributed by atoms with van der Waals surface area (Å²) in [5.41, 5.74) is 4.42. The minimum Gasteiger partial charge on any atom is -0.497 e. The van der Waals surface area contributed by atoms with Crippen molar-refractivity contribution < 1.29 is 4.74 Å². The topological polar surface area (TPSA) is 21.3 Å². The second-order valence-electron chi connectivity index (χ2n) is 7.75. The molecular formula is C26H27Cl2NO. The molecular weight excluding hydrogens is 413 g/mol. The van der Waals surface area contributed by atoms with Crippen LogP contribution >= 0.6 is 23.2 Å². The van der Waals surface area contributed by atoms with Crippen LogP contribution in [-0.4, -0.2) is 13.7 Å². The zero-order valence-corrected chi connectivity index (χ0v) is 19.1. The first-order chi connectivity index (χ1) is 14.4. The summed E-state index contributed by atoms with van der Waals surface area (Å²) in [6, 6.07) is 22.3. The molecule has 0 aliphatic carbocycles. The molecule has 3 aromatic carbocycles. The van der Waals surface area contributed by atoms with Gasteiger partial charge in [-0.05, 0) is 73.3 Å². The molecule has 3 rings (SSSR count). The van der Waals surface area contributed by atoms with Gasteiger partial charge in [0.25, 0.3) is 0 Å². The fourth-order valence-electron chi connectivity index (χ4n) is 3.41. The van der Waals surface area contributed by atoms with Gasteiger partial charge in [-0.3, -0.25) is 0 Å². The molecule has 0 radical (unpaired) electrons. The average molecular weight is 440 g/mol. The molecule has 30 heavy (non-hydrogen) atoms. The number of hydrogen-bond acceptors (Lipinski definition) is 2. The molecule has 0 aliphatic rings. The lowest BCUT2D eigenvalue weighted by Gasteiger charge is -2.29. The van der Waals surface area contributed by atoms with E-state index in [-0.39, 0.29) is 5.54 Å². The molecule has 2 nitrogen and oxygen atoms in total. The van der Waals surface area contributed by atoms with Crippen molar-refractivity contribution in [3.8, 4) is 5.75 Å². The quantitative estimate of drug-likeness (QED) is 0.373. The summed E-state index contributed by atoms with van der Waals surface area (Å²) in [6.07, 6.45) is 5.16. The molecule has 4 heteroatoms. The van der Waals surface area contributed by atoms with E-state index in [1.54, 1.807) is 7.11 Å². The van der Waals surface area contributed by atoms with E-state index < -0.39 is 0 Å². The van der Waals surface area contributed by atoms with Crippen LogP contribution in [0, 0.1) is 0 Å². The Morgan fingerprint density at radius 1 is 0.900 bits per heavy atom. The van der Waals surface area contributed by atoms with E-state index in [0.717, 1.165) is 29.8 Å². The summed E-state index contributed by atoms with van der Waals surface area (Å²) in [4.78, 5) is 0. The van der Waals surface area contributed by atoms with Gasteiger partial charge in [-0.25, -0.2) is 0 Å². The maximum atomic E-state index is 6.14. The molecule has 0 fully saturated rings. The van der Waals surface area contributed by atoms with Crippen molar-refractivity contribution in [2.75, 3.05) is 13.7 Å². The van der Waals surface area contributed by atoms with E-state index in [1.165, 1.54) is 11.1 Å². The zero-order valence-electron chi connectivity index (χ0n) is 17.6. The minimum absolute atomic E-state index is 0.249. The largest absolute Gasteiger partial charge is 0.497 e. The molecule has 0 heterocycles. The van der Waals surface area contributed by atoms with Crippen molar-refractivity contribution in [2.24, 2.45) is 0 Å². The fraction of sp³-hybridized carbons (Fsp3) is 0.231. The van der Waals surface area contributed by atoms with Crippen LogP contribution in [0.25, 0.3) is 12.2 Å². The van der Waals surface area contributed by atoms with Crippen LogP contribution in [-0.2, 0) is 12.0 Å². The Hall–Kier alpha value is -2.26. The molecule has 0 aliphatic heterocycles. The Bertz CT molecular complexity index is 1010. The van der Waals surface area contributed by atoms with Crippen molar-refractivity contribution in [3.05, 3.63) is 99.0 Å². The summed E-state index contributed by atoms with van der Waals surface area (Å²) < 4.78 is 5.49. The van der Waals surface area contributed by atoms with Gasteiger partial charge in [0, 0.05) is 5.54 Å². The number of nitrogens with one attached hydrogen (secondary N) is 1. The highest BCUT2D eigenvalue weighted by atomic mass is 35.5. The number of benzene rings is 3. The van der Waals surface area contributed by atoms with Crippen LogP contribution < -0.4 is 10.1 Å². The summed E-state index contributed by atoms with van der Waals surface area (Å²) >= 11 is 12.2. The van der Waals surface area contributed by atoms with E-state index in [9.17, 15) is 0 Å². The standard InChI is InChI=1S/C26H27Cl2NO/c1-26(2,29-16-15-20-10-14-24(27)25(28)17-20)23-18-22(30-3)13-12-21(23)11-9-19-7-5-4-6-8-19/h4-14,17-18,29H,15-16H2,1-3H3/b11-9+. The third kappa shape index (κ3) is 5.89. The van der Waals surface area contributed by atoms with Crippen LogP contribution in [0.4, 0.5) is 0 Å². The lowest BCUT2D eigenvalue weighted by Crippen LogP contribution is -2.38. The molecule has 0 bridgehead atoms. The van der Waals surface area contributed by atoms with Crippen LogP contribution in [0.1, 0.15) is 36.1 Å². The minimum atomic E-state index is -0.249. The van der Waals surface area contributed by atoms with Gasteiger partial charge in [-0.2, -0.15) is 0 Å². The molecule has 0 atom stereocenters. The Morgan fingerprint density at radius 3 is 2.37 bits per heavy atom. The predicted molar refractivity (Wildman–Crippen MR) is 130 cm³/mol. The summed E-state index contributed by atoms with van der Waals surface area (Å²) in [5, 5.41) is 4.86. The number of hydrogen-bond donors (Lipinski definition) is 1. The molecule has 0 unspecified atom stereocenters. The van der Waals surface area contributed by atoms with Crippen molar-refractivity contribution in [3.63, 3.8) is 0 Å². The Labute approximate surface area is 189 Å². The third-order valence-electron chi connectivity index (χ3n) is 5.15. The van der Waals surface area contributed by atoms with Gasteiger partial charge in [-0.1, -0.05) is 77.8 Å². The second kappa shape index (κ2) is 10.2. The van der Waals surface area contributed by atoms with E-state index in [2.05, 4.69) is 55.6 Å². The van der Waals surface area contributed by atoms with E-state index in [1.807, 2.05) is 42.5 Å². The van der Waals surface area contributed by atoms with Gasteiger partial charge in [0.2, 0.25) is 0 Å². The molecule has 0 saturated carbocycles. The SMILES string of the molecule is COc1ccc(/C=C/c2ccccc2)c(C(C)(C)NCCc2ccc(Cl)c(Cl)c2)c1. The summed E-state index contributed by atoms with van der Waals surface area (Å²) in [6.45, 7) is 5.19. The van der Waals surface area contributed by atoms with E-state index in [4.69, 9.17) is 27.9 Å². The van der Waals surface area contributed by atoms with Gasteiger partial charge in [0.15, 0.2) is 0 Å². The van der Waals surface area contributed by atoms with Crippen molar-refractivity contribution >= 4 is 35.4 Å². The van der Waals surface area contributed by atoms with Gasteiger partial charge in [-0.15, -0.1) is 0 Å². The van der Waals surface area contributed by atoms with Crippen LogP contribution in [0.2, 0.25) is 10.0 Å². The van der Waals surface area contributed by atoms with Gasteiger partial charge in [0.1, 0.15) is 5.75 Å². The summed E-state index contributed by atoms with van der Waals surface area (Å²) in [7, 11) is 1.70. The first kappa shape index (κ1) is 22.4. The summed E-state index contributed by atoms with van der Waals surface area (Å²) in [5.74, 6) is 0.848. The molecule has 1 N–H and O–H groups in total. The molecule has 0 saturated heterocycles. The third-order valence-corrected chi connectivity index (χ3v) is 5.89. The van der Waals surface area contributed by atoms with Crippen molar-refractivity contribution in [2.45, 2.75) is 25.8 Å². The number of rotatable bonds is 8. The van der Waals surface area contributed by atoms with E-state index in [0.29, 0.717) is 10.0 Å². The lowest BCUT2D eigenvalue weighted by atomic mass is 9.89. The maximum absolute atomic E-state index is 6.14. The normalized spacial score (nSPS) is 11.8. The molecule has 0 spiro atoms. The highest BCUT2D eigenvalue weighted by Gasteiger charge is 2.23. The maximum Gasteiger partial charge on any atom is 0.119 e. The van der Waals surface area contributed by atoms with Crippen molar-refractivity contribution in [1.29, 1.82) is 0 Å². The van der Waals surface area contributed by atoms with Crippen LogP contribution in [0.15, 0.2) is 66.7 Å². The molecule has 3 aromatic rings. The number of halogens is 2. The molecule has 156 valence electrons. The number of ether oxygens (including phenoxy) is 1. The van der Waals surface area contributed by atoms with Gasteiger partial charge >= 0.3 is 0 Å². The second-order valence-corrected chi connectivity index (χ2v) is 8.56. The zero-order chi connectivity index (χ0) is 21.6. The lowest BCUT2D eigenvalue weighted by molar-refractivity contribution is 0.393. The first-order valence-corrected chi connectivity index (χ1v) is 10.8. The van der Waals surface area contributed by atoms with Crippen LogP contribution in [0.3, 0.4) is 0 Å². The molecule has 0 aromatic heterocycles. The van der Waals surface area contributed by atoms with Crippen molar-refractivity contribution in [1.82, 2.24) is 5.32 Å².